The molecular weight excluding hydrogens is 295 g/mol. The van der Waals surface area contributed by atoms with Gasteiger partial charge in [-0.3, -0.25) is 4.79 Å². The third-order valence-electron chi connectivity index (χ3n) is 3.12. The molecule has 20 heavy (non-hydrogen) atoms. The Bertz CT molecular complexity index is 594. The highest BCUT2D eigenvalue weighted by Gasteiger charge is 2.18. The Morgan fingerprint density at radius 2 is 1.60 bits per heavy atom. The number of hydrogen-bond donors (Lipinski definition) is 1. The fourth-order valence-electron chi connectivity index (χ4n) is 2.10. The van der Waals surface area contributed by atoms with E-state index in [0.29, 0.717) is 22.9 Å². The van der Waals surface area contributed by atoms with E-state index >= 15 is 0 Å². The molecule has 0 bridgehead atoms. The molecule has 2 aromatic rings. The zero-order valence-electron chi connectivity index (χ0n) is 10.7. The van der Waals surface area contributed by atoms with Gasteiger partial charge in [0.25, 0.3) is 0 Å². The van der Waals surface area contributed by atoms with E-state index in [1.165, 1.54) is 0 Å². The van der Waals surface area contributed by atoms with Gasteiger partial charge in [-0.2, -0.15) is 0 Å². The van der Waals surface area contributed by atoms with Crippen molar-refractivity contribution in [2.24, 2.45) is 5.92 Å². The molecule has 0 radical (unpaired) electrons. The molecule has 0 spiro atoms. The summed E-state index contributed by atoms with van der Waals surface area (Å²) in [6.45, 7) is 0. The van der Waals surface area contributed by atoms with Gasteiger partial charge in [-0.1, -0.05) is 47.5 Å². The summed E-state index contributed by atoms with van der Waals surface area (Å²) >= 11 is 11.8. The molecule has 1 N–H and O–H groups in total. The Hall–Kier alpha value is -1.51. The van der Waals surface area contributed by atoms with Gasteiger partial charge < -0.3 is 5.11 Å². The van der Waals surface area contributed by atoms with Crippen LogP contribution in [0.15, 0.2) is 48.5 Å². The zero-order chi connectivity index (χ0) is 14.5. The predicted molar refractivity (Wildman–Crippen MR) is 81.4 cm³/mol. The number of halogens is 2. The highest BCUT2D eigenvalue weighted by Crippen LogP contribution is 2.19. The van der Waals surface area contributed by atoms with Crippen molar-refractivity contribution in [2.75, 3.05) is 0 Å². The minimum atomic E-state index is -0.806. The van der Waals surface area contributed by atoms with Crippen molar-refractivity contribution >= 4 is 29.2 Å². The van der Waals surface area contributed by atoms with Gasteiger partial charge in [-0.15, -0.1) is 0 Å². The van der Waals surface area contributed by atoms with Crippen LogP contribution in [0.5, 0.6) is 0 Å². The first-order chi connectivity index (χ1) is 9.54. The fraction of sp³-hybridized carbons (Fsp3) is 0.188. The maximum atomic E-state index is 11.4. The highest BCUT2D eigenvalue weighted by atomic mass is 35.5. The summed E-state index contributed by atoms with van der Waals surface area (Å²) < 4.78 is 0. The van der Waals surface area contributed by atoms with Gasteiger partial charge in [0, 0.05) is 10.0 Å². The maximum Gasteiger partial charge on any atom is 0.307 e. The first kappa shape index (κ1) is 14.9. The molecule has 0 aliphatic heterocycles. The van der Waals surface area contributed by atoms with Gasteiger partial charge in [0.1, 0.15) is 0 Å². The van der Waals surface area contributed by atoms with Crippen LogP contribution >= 0.6 is 23.2 Å². The fourth-order valence-corrected chi connectivity index (χ4v) is 2.44. The minimum Gasteiger partial charge on any atom is -0.481 e. The van der Waals surface area contributed by atoms with E-state index in [-0.39, 0.29) is 0 Å². The van der Waals surface area contributed by atoms with Crippen molar-refractivity contribution in [3.05, 3.63) is 69.7 Å². The lowest BCUT2D eigenvalue weighted by Gasteiger charge is -2.13. The summed E-state index contributed by atoms with van der Waals surface area (Å²) in [5, 5.41) is 10.6. The summed E-state index contributed by atoms with van der Waals surface area (Å²) in [6.07, 6.45) is 0.928. The van der Waals surface area contributed by atoms with Crippen LogP contribution in [0.2, 0.25) is 10.0 Å². The third-order valence-corrected chi connectivity index (χ3v) is 3.60. The van der Waals surface area contributed by atoms with E-state index < -0.39 is 11.9 Å². The summed E-state index contributed by atoms with van der Waals surface area (Å²) in [4.78, 5) is 11.4. The van der Waals surface area contributed by atoms with Crippen LogP contribution in [-0.4, -0.2) is 11.1 Å². The molecule has 2 nitrogen and oxygen atoms in total. The number of aliphatic carboxylic acids is 1. The van der Waals surface area contributed by atoms with Crippen LogP contribution in [0.1, 0.15) is 11.1 Å². The molecule has 1 unspecified atom stereocenters. The third kappa shape index (κ3) is 4.26. The highest BCUT2D eigenvalue weighted by molar-refractivity contribution is 6.30. The zero-order valence-corrected chi connectivity index (χ0v) is 12.2. The molecule has 0 heterocycles. The Kier molecular flexibility index (Phi) is 5.05. The molecule has 2 aromatic carbocycles. The van der Waals surface area contributed by atoms with E-state index in [1.54, 1.807) is 24.3 Å². The van der Waals surface area contributed by atoms with E-state index in [9.17, 15) is 9.90 Å². The van der Waals surface area contributed by atoms with E-state index in [4.69, 9.17) is 23.2 Å². The monoisotopic (exact) mass is 308 g/mol. The normalized spacial score (nSPS) is 12.1. The summed E-state index contributed by atoms with van der Waals surface area (Å²) in [7, 11) is 0. The number of hydrogen-bond acceptors (Lipinski definition) is 1. The topological polar surface area (TPSA) is 37.3 Å². The van der Waals surface area contributed by atoms with Crippen molar-refractivity contribution in [1.82, 2.24) is 0 Å². The molecular formula is C16H14Cl2O2. The Labute approximate surface area is 128 Å². The molecule has 104 valence electrons. The summed E-state index contributed by atoms with van der Waals surface area (Å²) in [6, 6.07) is 14.6. The lowest BCUT2D eigenvalue weighted by molar-refractivity contribution is -0.141. The number of rotatable bonds is 5. The number of benzene rings is 2. The second-order valence-corrected chi connectivity index (χ2v) is 5.57. The van der Waals surface area contributed by atoms with Crippen LogP contribution in [0.25, 0.3) is 0 Å². The lowest BCUT2D eigenvalue weighted by atomic mass is 9.93. The van der Waals surface area contributed by atoms with Crippen molar-refractivity contribution in [1.29, 1.82) is 0 Å². The molecule has 2 rings (SSSR count). The van der Waals surface area contributed by atoms with Gasteiger partial charge in [0.05, 0.1) is 5.92 Å². The van der Waals surface area contributed by atoms with E-state index in [0.717, 1.165) is 11.1 Å². The predicted octanol–water partition coefficient (Wildman–Crippen LogP) is 4.48. The number of carboxylic acid groups (broad SMARTS) is 1. The molecule has 0 saturated carbocycles. The average molecular weight is 309 g/mol. The molecule has 0 saturated heterocycles. The average Bonchev–Trinajstić information content (AvgIpc) is 2.40. The molecule has 0 fully saturated rings. The summed E-state index contributed by atoms with van der Waals surface area (Å²) in [5.41, 5.74) is 1.89. The number of carboxylic acids is 1. The van der Waals surface area contributed by atoms with Gasteiger partial charge in [-0.25, -0.2) is 0 Å². The van der Waals surface area contributed by atoms with Gasteiger partial charge in [0.2, 0.25) is 0 Å². The van der Waals surface area contributed by atoms with Gasteiger partial charge in [-0.05, 0) is 48.2 Å². The maximum absolute atomic E-state index is 11.4. The smallest absolute Gasteiger partial charge is 0.307 e. The first-order valence-electron chi connectivity index (χ1n) is 6.26. The molecule has 4 heteroatoms. The first-order valence-corrected chi connectivity index (χ1v) is 7.02. The molecule has 1 atom stereocenters. The standard InChI is InChI=1S/C16H14Cl2O2/c17-14-6-4-11(5-7-14)8-13(16(19)20)9-12-2-1-3-15(18)10-12/h1-7,10,13H,8-9H2,(H,19,20). The minimum absolute atomic E-state index is 0.457. The molecule has 0 amide bonds. The van der Waals surface area contributed by atoms with Crippen molar-refractivity contribution in [3.63, 3.8) is 0 Å². The molecule has 0 aliphatic carbocycles. The number of carbonyl (C=O) groups is 1. The van der Waals surface area contributed by atoms with Crippen molar-refractivity contribution in [2.45, 2.75) is 12.8 Å². The Balaban J connectivity index is 2.11. The quantitative estimate of drug-likeness (QED) is 0.884. The second kappa shape index (κ2) is 6.78. The lowest BCUT2D eigenvalue weighted by Crippen LogP contribution is -2.19. The van der Waals surface area contributed by atoms with Crippen LogP contribution < -0.4 is 0 Å². The van der Waals surface area contributed by atoms with Gasteiger partial charge in [0.15, 0.2) is 0 Å². The SMILES string of the molecule is O=C(O)C(Cc1ccc(Cl)cc1)Cc1cccc(Cl)c1. The Morgan fingerprint density at radius 3 is 2.20 bits per heavy atom. The van der Waals surface area contributed by atoms with E-state index in [1.807, 2.05) is 24.3 Å². The van der Waals surface area contributed by atoms with Crippen LogP contribution in [0.3, 0.4) is 0 Å². The molecule has 0 aliphatic rings. The van der Waals surface area contributed by atoms with Crippen LogP contribution in [0, 0.1) is 5.92 Å². The van der Waals surface area contributed by atoms with Crippen molar-refractivity contribution in [3.8, 4) is 0 Å². The van der Waals surface area contributed by atoms with E-state index in [2.05, 4.69) is 0 Å². The Morgan fingerprint density at radius 1 is 0.950 bits per heavy atom. The largest absolute Gasteiger partial charge is 0.481 e. The van der Waals surface area contributed by atoms with Gasteiger partial charge >= 0.3 is 5.97 Å². The van der Waals surface area contributed by atoms with Crippen LogP contribution in [0.4, 0.5) is 0 Å². The van der Waals surface area contributed by atoms with Crippen molar-refractivity contribution < 1.29 is 9.90 Å². The molecule has 0 aromatic heterocycles. The second-order valence-electron chi connectivity index (χ2n) is 4.70. The summed E-state index contributed by atoms with van der Waals surface area (Å²) in [5.74, 6) is -1.28. The van der Waals surface area contributed by atoms with Crippen LogP contribution in [-0.2, 0) is 17.6 Å².